The molecule has 0 bridgehead atoms. The summed E-state index contributed by atoms with van der Waals surface area (Å²) < 4.78 is 23.7. The van der Waals surface area contributed by atoms with E-state index in [-0.39, 0.29) is 17.1 Å². The first-order valence-corrected chi connectivity index (χ1v) is 9.04. The van der Waals surface area contributed by atoms with Crippen LogP contribution in [0, 0.1) is 5.82 Å². The molecule has 5 heteroatoms. The molecule has 0 amide bonds. The van der Waals surface area contributed by atoms with Crippen LogP contribution in [0.3, 0.4) is 0 Å². The summed E-state index contributed by atoms with van der Waals surface area (Å²) in [5.74, 6) is -0.622. The molecule has 0 spiro atoms. The molecule has 2 aromatic rings. The minimum atomic E-state index is -0.641. The molecule has 0 aromatic heterocycles. The standard InChI is InChI=1S/C23H25FO4/c1-5-28-20-14-17(10-7-16-8-11-18(24)12-9-16)21(23(26)27-4)22(25)19(20)13-6-15(2)3/h6-12,14,25H,5,13H2,1-4H3/b10-7+. The molecule has 1 N–H and O–H groups in total. The third-order valence-electron chi connectivity index (χ3n) is 4.12. The summed E-state index contributed by atoms with van der Waals surface area (Å²) in [4.78, 5) is 12.3. The SMILES string of the molecule is CCOc1cc(/C=C/c2ccc(F)cc2)c(C(=O)OC)c(O)c1CC=C(C)C. The van der Waals surface area contributed by atoms with Crippen LogP contribution in [-0.4, -0.2) is 24.8 Å². The van der Waals surface area contributed by atoms with E-state index in [1.807, 2.05) is 26.8 Å². The van der Waals surface area contributed by atoms with Crippen LogP contribution in [0.1, 0.15) is 47.8 Å². The smallest absolute Gasteiger partial charge is 0.342 e. The molecule has 0 fully saturated rings. The van der Waals surface area contributed by atoms with E-state index in [1.165, 1.54) is 19.2 Å². The number of halogens is 1. The highest BCUT2D eigenvalue weighted by Crippen LogP contribution is 2.37. The van der Waals surface area contributed by atoms with Crippen LogP contribution >= 0.6 is 0 Å². The van der Waals surface area contributed by atoms with Gasteiger partial charge in [-0.1, -0.05) is 35.9 Å². The summed E-state index contributed by atoms with van der Waals surface area (Å²) in [5.41, 5.74) is 2.90. The highest BCUT2D eigenvalue weighted by Gasteiger charge is 2.22. The number of benzene rings is 2. The third kappa shape index (κ3) is 5.22. The Balaban J connectivity index is 2.60. The van der Waals surface area contributed by atoms with E-state index < -0.39 is 5.97 Å². The van der Waals surface area contributed by atoms with E-state index in [0.717, 1.165) is 11.1 Å². The number of carbonyl (C=O) groups excluding carboxylic acids is 1. The van der Waals surface area contributed by atoms with Crippen LogP contribution in [0.25, 0.3) is 12.2 Å². The average molecular weight is 384 g/mol. The van der Waals surface area contributed by atoms with Crippen LogP contribution in [-0.2, 0) is 11.2 Å². The lowest BCUT2D eigenvalue weighted by atomic mass is 9.97. The Bertz CT molecular complexity index is 892. The average Bonchev–Trinajstić information content (AvgIpc) is 2.66. The normalized spacial score (nSPS) is 10.8. The van der Waals surface area contributed by atoms with Crippen molar-refractivity contribution in [2.45, 2.75) is 27.2 Å². The molecule has 148 valence electrons. The maximum atomic E-state index is 13.1. The molecule has 0 saturated heterocycles. The van der Waals surface area contributed by atoms with Crippen molar-refractivity contribution in [2.24, 2.45) is 0 Å². The first-order valence-electron chi connectivity index (χ1n) is 9.04. The van der Waals surface area contributed by atoms with E-state index in [0.29, 0.717) is 29.9 Å². The molecule has 4 nitrogen and oxygen atoms in total. The maximum Gasteiger partial charge on any atom is 0.342 e. The van der Waals surface area contributed by atoms with Gasteiger partial charge in [0.2, 0.25) is 0 Å². The number of hydrogen-bond donors (Lipinski definition) is 1. The Labute approximate surface area is 164 Å². The summed E-state index contributed by atoms with van der Waals surface area (Å²) in [5, 5.41) is 10.8. The van der Waals surface area contributed by atoms with Crippen molar-refractivity contribution >= 4 is 18.1 Å². The molecule has 2 aromatic carbocycles. The van der Waals surface area contributed by atoms with Gasteiger partial charge in [0.05, 0.1) is 13.7 Å². The van der Waals surface area contributed by atoms with Crippen molar-refractivity contribution in [3.05, 3.63) is 70.1 Å². The van der Waals surface area contributed by atoms with Gasteiger partial charge in [-0.2, -0.15) is 0 Å². The molecule has 0 aliphatic heterocycles. The Hall–Kier alpha value is -3.08. The molecular formula is C23H25FO4. The lowest BCUT2D eigenvalue weighted by Crippen LogP contribution is -2.08. The second-order valence-electron chi connectivity index (χ2n) is 6.46. The van der Waals surface area contributed by atoms with Gasteiger partial charge in [0, 0.05) is 5.56 Å². The van der Waals surface area contributed by atoms with Crippen molar-refractivity contribution in [3.8, 4) is 11.5 Å². The monoisotopic (exact) mass is 384 g/mol. The number of phenols is 1. The van der Waals surface area contributed by atoms with Gasteiger partial charge < -0.3 is 14.6 Å². The second kappa shape index (κ2) is 9.74. The zero-order valence-corrected chi connectivity index (χ0v) is 16.6. The summed E-state index contributed by atoms with van der Waals surface area (Å²) in [7, 11) is 1.27. The maximum absolute atomic E-state index is 13.1. The number of phenolic OH excluding ortho intramolecular Hbond substituents is 1. The number of ether oxygens (including phenoxy) is 2. The van der Waals surface area contributed by atoms with Crippen molar-refractivity contribution in [1.82, 2.24) is 0 Å². The van der Waals surface area contributed by atoms with Crippen LogP contribution in [0.2, 0.25) is 0 Å². The molecule has 0 aliphatic carbocycles. The number of esters is 1. The lowest BCUT2D eigenvalue weighted by molar-refractivity contribution is 0.0597. The molecule has 0 atom stereocenters. The number of aromatic hydroxyl groups is 1. The first-order chi connectivity index (χ1) is 13.4. The summed E-state index contributed by atoms with van der Waals surface area (Å²) in [6.45, 7) is 6.18. The van der Waals surface area contributed by atoms with E-state index in [4.69, 9.17) is 9.47 Å². The number of hydrogen-bond acceptors (Lipinski definition) is 4. The van der Waals surface area contributed by atoms with Crippen molar-refractivity contribution in [3.63, 3.8) is 0 Å². The van der Waals surface area contributed by atoms with Gasteiger partial charge in [0.1, 0.15) is 22.9 Å². The Kier molecular flexibility index (Phi) is 7.38. The fourth-order valence-electron chi connectivity index (χ4n) is 2.70. The van der Waals surface area contributed by atoms with Crippen molar-refractivity contribution in [1.29, 1.82) is 0 Å². The van der Waals surface area contributed by atoms with E-state index in [9.17, 15) is 14.3 Å². The fraction of sp³-hybridized carbons (Fsp3) is 0.261. The molecule has 0 unspecified atom stereocenters. The Morgan fingerprint density at radius 3 is 2.43 bits per heavy atom. The van der Waals surface area contributed by atoms with Gasteiger partial charge in [-0.05, 0) is 56.5 Å². The zero-order valence-electron chi connectivity index (χ0n) is 16.6. The van der Waals surface area contributed by atoms with E-state index >= 15 is 0 Å². The zero-order chi connectivity index (χ0) is 20.7. The molecule has 0 saturated carbocycles. The molecule has 0 heterocycles. The molecule has 2 rings (SSSR count). The molecule has 0 radical (unpaired) electrons. The van der Waals surface area contributed by atoms with Crippen LogP contribution in [0.5, 0.6) is 11.5 Å². The number of carbonyl (C=O) groups is 1. The largest absolute Gasteiger partial charge is 0.507 e. The molecule has 28 heavy (non-hydrogen) atoms. The van der Waals surface area contributed by atoms with Crippen LogP contribution in [0.15, 0.2) is 42.0 Å². The van der Waals surface area contributed by atoms with Crippen molar-refractivity contribution in [2.75, 3.05) is 13.7 Å². The minimum absolute atomic E-state index is 0.0708. The summed E-state index contributed by atoms with van der Waals surface area (Å²) >= 11 is 0. The van der Waals surface area contributed by atoms with Crippen LogP contribution < -0.4 is 4.74 Å². The summed E-state index contributed by atoms with van der Waals surface area (Å²) in [6, 6.07) is 7.66. The Morgan fingerprint density at radius 1 is 1.18 bits per heavy atom. The predicted octanol–water partition coefficient (Wildman–Crippen LogP) is 5.40. The van der Waals surface area contributed by atoms with E-state index in [2.05, 4.69) is 0 Å². The number of rotatable bonds is 7. The molecule has 0 aliphatic rings. The minimum Gasteiger partial charge on any atom is -0.507 e. The topological polar surface area (TPSA) is 55.8 Å². The fourth-order valence-corrected chi connectivity index (χ4v) is 2.70. The predicted molar refractivity (Wildman–Crippen MR) is 109 cm³/mol. The van der Waals surface area contributed by atoms with Gasteiger partial charge in [-0.3, -0.25) is 0 Å². The second-order valence-corrected chi connectivity index (χ2v) is 6.46. The highest BCUT2D eigenvalue weighted by molar-refractivity contribution is 5.98. The molecular weight excluding hydrogens is 359 g/mol. The Morgan fingerprint density at radius 2 is 1.86 bits per heavy atom. The third-order valence-corrected chi connectivity index (χ3v) is 4.12. The van der Waals surface area contributed by atoms with Gasteiger partial charge in [0.15, 0.2) is 0 Å². The van der Waals surface area contributed by atoms with E-state index in [1.54, 1.807) is 30.4 Å². The summed E-state index contributed by atoms with van der Waals surface area (Å²) in [6.07, 6.45) is 5.78. The number of allylic oxidation sites excluding steroid dienone is 2. The highest BCUT2D eigenvalue weighted by atomic mass is 19.1. The lowest BCUT2D eigenvalue weighted by Gasteiger charge is -2.16. The first kappa shape index (κ1) is 21.2. The van der Waals surface area contributed by atoms with Gasteiger partial charge >= 0.3 is 5.97 Å². The van der Waals surface area contributed by atoms with Gasteiger partial charge in [-0.15, -0.1) is 0 Å². The van der Waals surface area contributed by atoms with Crippen molar-refractivity contribution < 1.29 is 23.8 Å². The van der Waals surface area contributed by atoms with Crippen LogP contribution in [0.4, 0.5) is 4.39 Å². The number of methoxy groups -OCH3 is 1. The van der Waals surface area contributed by atoms with Gasteiger partial charge in [0.25, 0.3) is 0 Å². The quantitative estimate of drug-likeness (QED) is 0.395. The van der Waals surface area contributed by atoms with Gasteiger partial charge in [-0.25, -0.2) is 9.18 Å².